The van der Waals surface area contributed by atoms with Crippen molar-refractivity contribution < 1.29 is 19.1 Å². The Bertz CT molecular complexity index is 939. The first-order valence-corrected chi connectivity index (χ1v) is 10.6. The molecule has 1 fully saturated rings. The summed E-state index contributed by atoms with van der Waals surface area (Å²) in [5.41, 5.74) is 0.763. The largest absolute Gasteiger partial charge is 0.454 e. The minimum atomic E-state index is -0.279. The van der Waals surface area contributed by atoms with Crippen LogP contribution in [0.3, 0.4) is 0 Å². The second kappa shape index (κ2) is 8.32. The van der Waals surface area contributed by atoms with Crippen molar-refractivity contribution in [3.63, 3.8) is 0 Å². The molecule has 29 heavy (non-hydrogen) atoms. The number of ketones is 1. The predicted octanol–water partition coefficient (Wildman–Crippen LogP) is 2.70. The van der Waals surface area contributed by atoms with Gasteiger partial charge in [0.1, 0.15) is 0 Å². The predicted molar refractivity (Wildman–Crippen MR) is 108 cm³/mol. The van der Waals surface area contributed by atoms with E-state index in [0.29, 0.717) is 33.8 Å². The molecule has 0 atom stereocenters. The number of carbonyl (C=O) groups is 2. The second-order valence-corrected chi connectivity index (χ2v) is 8.13. The molecule has 2 heterocycles. The molecule has 0 bridgehead atoms. The molecule has 1 aliphatic carbocycles. The van der Waals surface area contributed by atoms with Gasteiger partial charge in [0.25, 0.3) is 0 Å². The highest BCUT2D eigenvalue weighted by molar-refractivity contribution is 7.99. The Morgan fingerprint density at radius 1 is 1.21 bits per heavy atom. The van der Waals surface area contributed by atoms with E-state index in [1.807, 2.05) is 0 Å². The zero-order chi connectivity index (χ0) is 20.4. The summed E-state index contributed by atoms with van der Waals surface area (Å²) in [4.78, 5) is 24.4. The van der Waals surface area contributed by atoms with Gasteiger partial charge >= 0.3 is 0 Å². The average Bonchev–Trinajstić information content (AvgIpc) is 3.32. The van der Waals surface area contributed by atoms with Gasteiger partial charge < -0.3 is 20.6 Å². The van der Waals surface area contributed by atoms with Crippen molar-refractivity contribution >= 4 is 29.1 Å². The maximum Gasteiger partial charge on any atom is 0.234 e. The molecule has 1 aliphatic heterocycles. The quantitative estimate of drug-likeness (QED) is 0.418. The minimum absolute atomic E-state index is 0.0891. The number of hydrogen-bond acceptors (Lipinski definition) is 8. The summed E-state index contributed by atoms with van der Waals surface area (Å²) >= 11 is 1.21. The molecule has 1 aromatic heterocycles. The summed E-state index contributed by atoms with van der Waals surface area (Å²) in [6, 6.07) is 3.19. The van der Waals surface area contributed by atoms with E-state index in [4.69, 9.17) is 15.3 Å². The van der Waals surface area contributed by atoms with Crippen LogP contribution in [0.2, 0.25) is 0 Å². The first kappa shape index (κ1) is 19.6. The number of nitrogens with zero attached hydrogens (tertiary/aromatic N) is 3. The van der Waals surface area contributed by atoms with Gasteiger partial charge in [0, 0.05) is 17.5 Å². The van der Waals surface area contributed by atoms with Crippen molar-refractivity contribution in [2.45, 2.75) is 50.1 Å². The summed E-state index contributed by atoms with van der Waals surface area (Å²) in [6.45, 7) is 1.53. The topological polar surface area (TPSA) is 121 Å². The van der Waals surface area contributed by atoms with E-state index in [9.17, 15) is 9.59 Å². The number of rotatable bonds is 6. The Morgan fingerprint density at radius 3 is 2.66 bits per heavy atom. The molecule has 10 heteroatoms. The van der Waals surface area contributed by atoms with Crippen molar-refractivity contribution in [3.8, 4) is 11.5 Å². The number of amides is 1. The monoisotopic (exact) mass is 417 g/mol. The van der Waals surface area contributed by atoms with E-state index in [1.165, 1.54) is 42.6 Å². The van der Waals surface area contributed by atoms with E-state index >= 15 is 0 Å². The Kier molecular flexibility index (Phi) is 5.61. The number of nitrogen functional groups attached to an aromatic ring is 1. The van der Waals surface area contributed by atoms with Gasteiger partial charge in [-0.25, -0.2) is 4.68 Å². The number of Topliss-reactive ketones (excluding diaryl/α,β-unsaturated/α-hetero) is 1. The zero-order valence-electron chi connectivity index (χ0n) is 16.1. The summed E-state index contributed by atoms with van der Waals surface area (Å²) in [5.74, 6) is 7.90. The van der Waals surface area contributed by atoms with E-state index < -0.39 is 0 Å². The Balaban J connectivity index is 1.41. The molecule has 154 valence electrons. The summed E-state index contributed by atoms with van der Waals surface area (Å²) < 4.78 is 12.1. The van der Waals surface area contributed by atoms with Crippen molar-refractivity contribution in [3.05, 3.63) is 23.5 Å². The van der Waals surface area contributed by atoms with Crippen LogP contribution in [-0.4, -0.2) is 39.1 Å². The Labute approximate surface area is 172 Å². The molecule has 0 spiro atoms. The Morgan fingerprint density at radius 2 is 1.93 bits per heavy atom. The second-order valence-electron chi connectivity index (χ2n) is 7.19. The van der Waals surface area contributed by atoms with Crippen LogP contribution in [0.15, 0.2) is 17.3 Å². The zero-order valence-corrected chi connectivity index (χ0v) is 17.0. The minimum Gasteiger partial charge on any atom is -0.454 e. The number of hydrogen-bond donors (Lipinski definition) is 2. The lowest BCUT2D eigenvalue weighted by Gasteiger charge is -2.20. The number of anilines is 1. The molecule has 3 N–H and O–H groups in total. The van der Waals surface area contributed by atoms with Crippen LogP contribution >= 0.6 is 11.8 Å². The molecule has 1 amide bonds. The number of nitrogens with one attached hydrogen (secondary N) is 1. The Hall–Kier alpha value is -2.75. The van der Waals surface area contributed by atoms with Crippen LogP contribution in [0, 0.1) is 0 Å². The van der Waals surface area contributed by atoms with E-state index in [2.05, 4.69) is 15.5 Å². The number of benzene rings is 1. The first-order valence-electron chi connectivity index (χ1n) is 9.60. The summed E-state index contributed by atoms with van der Waals surface area (Å²) in [5, 5.41) is 11.6. The molecular formula is C19H23N5O4S. The number of ether oxygens (including phenoxy) is 2. The van der Waals surface area contributed by atoms with E-state index in [-0.39, 0.29) is 24.2 Å². The lowest BCUT2D eigenvalue weighted by molar-refractivity contribution is -0.113. The molecule has 9 nitrogen and oxygen atoms in total. The molecule has 0 saturated heterocycles. The third kappa shape index (κ3) is 4.16. The molecule has 1 saturated carbocycles. The number of fused-ring (bicyclic) bond motifs is 1. The first-order chi connectivity index (χ1) is 14.0. The van der Waals surface area contributed by atoms with Crippen LogP contribution in [0.5, 0.6) is 11.5 Å². The standard InChI is InChI=1S/C19H23N5O4S/c1-11(25)13-7-15-16(28-10-27-15)8-14(13)21-17(26)9-29-19-23-22-18(24(19)20)12-5-3-2-4-6-12/h7-8,12H,2-6,9-10,20H2,1H3,(H,21,26). The van der Waals surface area contributed by atoms with Crippen LogP contribution in [-0.2, 0) is 4.79 Å². The van der Waals surface area contributed by atoms with Gasteiger partial charge in [-0.1, -0.05) is 31.0 Å². The van der Waals surface area contributed by atoms with Gasteiger partial charge in [-0.3, -0.25) is 9.59 Å². The average molecular weight is 417 g/mol. The van der Waals surface area contributed by atoms with Crippen LogP contribution in [0.4, 0.5) is 5.69 Å². The lowest BCUT2D eigenvalue weighted by Crippen LogP contribution is -2.20. The molecule has 2 aromatic rings. The van der Waals surface area contributed by atoms with Crippen molar-refractivity contribution in [2.24, 2.45) is 0 Å². The number of nitrogens with two attached hydrogens (primary N) is 1. The highest BCUT2D eigenvalue weighted by Gasteiger charge is 2.24. The van der Waals surface area contributed by atoms with Crippen molar-refractivity contribution in [1.82, 2.24) is 14.9 Å². The van der Waals surface area contributed by atoms with Gasteiger partial charge in [0.05, 0.1) is 11.4 Å². The van der Waals surface area contributed by atoms with Crippen LogP contribution in [0.25, 0.3) is 0 Å². The normalized spacial score (nSPS) is 16.0. The smallest absolute Gasteiger partial charge is 0.234 e. The maximum atomic E-state index is 12.5. The van der Waals surface area contributed by atoms with Gasteiger partial charge in [0.15, 0.2) is 23.1 Å². The summed E-state index contributed by atoms with van der Waals surface area (Å²) in [7, 11) is 0. The van der Waals surface area contributed by atoms with Gasteiger partial charge in [-0.2, -0.15) is 0 Å². The fraction of sp³-hybridized carbons (Fsp3) is 0.474. The molecule has 0 radical (unpaired) electrons. The lowest BCUT2D eigenvalue weighted by atomic mass is 9.89. The molecular weight excluding hydrogens is 394 g/mol. The fourth-order valence-electron chi connectivity index (χ4n) is 3.68. The molecule has 2 aliphatic rings. The van der Waals surface area contributed by atoms with Crippen molar-refractivity contribution in [1.29, 1.82) is 0 Å². The number of thioether (sulfide) groups is 1. The van der Waals surface area contributed by atoms with E-state index in [1.54, 1.807) is 12.1 Å². The van der Waals surface area contributed by atoms with Crippen LogP contribution in [0.1, 0.15) is 61.1 Å². The van der Waals surface area contributed by atoms with Gasteiger partial charge in [-0.05, 0) is 25.8 Å². The molecule has 1 aromatic carbocycles. The third-order valence-corrected chi connectivity index (χ3v) is 6.10. The highest BCUT2D eigenvalue weighted by Crippen LogP contribution is 2.37. The van der Waals surface area contributed by atoms with Crippen molar-refractivity contribution in [2.75, 3.05) is 23.7 Å². The summed E-state index contributed by atoms with van der Waals surface area (Å²) in [6.07, 6.45) is 5.74. The number of carbonyl (C=O) groups excluding carboxylic acids is 2. The third-order valence-electron chi connectivity index (χ3n) is 5.16. The number of aromatic nitrogens is 3. The van der Waals surface area contributed by atoms with E-state index in [0.717, 1.165) is 18.7 Å². The molecule has 0 unspecified atom stereocenters. The maximum absolute atomic E-state index is 12.5. The highest BCUT2D eigenvalue weighted by atomic mass is 32.2. The van der Waals surface area contributed by atoms with Crippen LogP contribution < -0.4 is 20.6 Å². The SMILES string of the molecule is CC(=O)c1cc2c(cc1NC(=O)CSc1nnc(C3CCCCC3)n1N)OCO2. The van der Waals surface area contributed by atoms with Gasteiger partial charge in [0.2, 0.25) is 17.9 Å². The van der Waals surface area contributed by atoms with Gasteiger partial charge in [-0.15, -0.1) is 10.2 Å². The molecule has 4 rings (SSSR count). The fourth-order valence-corrected chi connectivity index (χ4v) is 4.34.